The predicted octanol–water partition coefficient (Wildman–Crippen LogP) is 8.71. The molecule has 2 aromatic rings. The van der Waals surface area contributed by atoms with Crippen LogP contribution in [0.1, 0.15) is 121 Å². The van der Waals surface area contributed by atoms with Gasteiger partial charge in [-0.3, -0.25) is 0 Å². The summed E-state index contributed by atoms with van der Waals surface area (Å²) in [6.45, 7) is 5.71. The van der Waals surface area contributed by atoms with Crippen LogP contribution in [-0.4, -0.2) is 9.55 Å². The minimum absolute atomic E-state index is 1.09. The molecule has 0 aliphatic rings. The molecule has 174 valence electrons. The molecule has 0 spiro atoms. The number of nitrogens with zero attached hydrogens (tertiary/aromatic N) is 2. The first-order valence-electron chi connectivity index (χ1n) is 13.4. The second-order valence-electron chi connectivity index (χ2n) is 9.32. The van der Waals surface area contributed by atoms with Crippen LogP contribution in [0.25, 0.3) is 0 Å². The Labute approximate surface area is 192 Å². The second kappa shape index (κ2) is 17.0. The summed E-state index contributed by atoms with van der Waals surface area (Å²) in [7, 11) is 0. The molecule has 1 aromatic carbocycles. The summed E-state index contributed by atoms with van der Waals surface area (Å²) in [5, 5.41) is 0. The van der Waals surface area contributed by atoms with Gasteiger partial charge in [0.25, 0.3) is 0 Å². The summed E-state index contributed by atoms with van der Waals surface area (Å²) in [5.41, 5.74) is 2.73. The van der Waals surface area contributed by atoms with Gasteiger partial charge in [-0.05, 0) is 37.7 Å². The van der Waals surface area contributed by atoms with Crippen molar-refractivity contribution in [1.82, 2.24) is 9.55 Å². The zero-order valence-corrected chi connectivity index (χ0v) is 20.6. The molecule has 0 aliphatic heterocycles. The molecule has 0 amide bonds. The molecule has 0 unspecified atom stereocenters. The molecule has 2 heteroatoms. The molecular weight excluding hydrogens is 376 g/mol. The van der Waals surface area contributed by atoms with Gasteiger partial charge in [0.05, 0.1) is 5.69 Å². The largest absolute Gasteiger partial charge is 0.335 e. The van der Waals surface area contributed by atoms with Crippen molar-refractivity contribution in [1.29, 1.82) is 0 Å². The Hall–Kier alpha value is -1.57. The lowest BCUT2D eigenvalue weighted by Crippen LogP contribution is -2.03. The first kappa shape index (κ1) is 25.7. The highest BCUT2D eigenvalue weighted by Gasteiger charge is 2.07. The van der Waals surface area contributed by atoms with Crippen molar-refractivity contribution < 1.29 is 0 Å². The van der Waals surface area contributed by atoms with Crippen LogP contribution >= 0.6 is 0 Å². The van der Waals surface area contributed by atoms with Gasteiger partial charge in [-0.2, -0.15) is 0 Å². The Bertz CT molecular complexity index is 659. The van der Waals surface area contributed by atoms with Crippen molar-refractivity contribution in [3.8, 4) is 0 Å². The van der Waals surface area contributed by atoms with E-state index in [1.165, 1.54) is 107 Å². The summed E-state index contributed by atoms with van der Waals surface area (Å²) in [4.78, 5) is 4.97. The van der Waals surface area contributed by atoms with Crippen LogP contribution in [0.3, 0.4) is 0 Å². The van der Waals surface area contributed by atoms with Crippen molar-refractivity contribution in [2.45, 2.75) is 130 Å². The lowest BCUT2D eigenvalue weighted by molar-refractivity contribution is 0.522. The molecule has 1 aromatic heterocycles. The number of aromatic nitrogens is 2. The van der Waals surface area contributed by atoms with Gasteiger partial charge in [-0.1, -0.05) is 115 Å². The molecule has 2 nitrogen and oxygen atoms in total. The Balaban J connectivity index is 1.57. The fourth-order valence-electron chi connectivity index (χ4n) is 4.49. The average Bonchev–Trinajstić information content (AvgIpc) is 3.17. The number of rotatable bonds is 19. The summed E-state index contributed by atoms with van der Waals surface area (Å²) in [6, 6.07) is 10.8. The van der Waals surface area contributed by atoms with E-state index in [9.17, 15) is 0 Å². The lowest BCUT2D eigenvalue weighted by Gasteiger charge is -2.07. The van der Waals surface area contributed by atoms with Gasteiger partial charge >= 0.3 is 0 Å². The molecule has 0 fully saturated rings. The van der Waals surface area contributed by atoms with E-state index >= 15 is 0 Å². The molecule has 0 atom stereocenters. The van der Waals surface area contributed by atoms with Crippen molar-refractivity contribution in [3.05, 3.63) is 53.6 Å². The van der Waals surface area contributed by atoms with Crippen molar-refractivity contribution in [2.75, 3.05) is 0 Å². The molecular formula is C29H48N2. The third-order valence-corrected chi connectivity index (χ3v) is 6.38. The molecule has 1 heterocycles. The van der Waals surface area contributed by atoms with Crippen LogP contribution in [0.15, 0.2) is 36.5 Å². The zero-order valence-electron chi connectivity index (χ0n) is 20.6. The smallest absolute Gasteiger partial charge is 0.108 e. The van der Waals surface area contributed by atoms with Crippen LogP contribution in [0.5, 0.6) is 0 Å². The van der Waals surface area contributed by atoms with E-state index in [4.69, 9.17) is 4.98 Å². The van der Waals surface area contributed by atoms with Crippen LogP contribution in [0, 0.1) is 0 Å². The van der Waals surface area contributed by atoms with E-state index < -0.39 is 0 Å². The minimum Gasteiger partial charge on any atom is -0.335 e. The summed E-state index contributed by atoms with van der Waals surface area (Å²) < 4.78 is 2.46. The van der Waals surface area contributed by atoms with Gasteiger partial charge in [0.1, 0.15) is 5.82 Å². The van der Waals surface area contributed by atoms with Gasteiger partial charge in [-0.25, -0.2) is 4.98 Å². The van der Waals surface area contributed by atoms with E-state index in [1.54, 1.807) is 0 Å². The number of unbranched alkanes of at least 4 members (excludes halogenated alkanes) is 11. The van der Waals surface area contributed by atoms with Crippen molar-refractivity contribution in [3.63, 3.8) is 0 Å². The Kier molecular flexibility index (Phi) is 14.1. The van der Waals surface area contributed by atoms with E-state index in [2.05, 4.69) is 54.9 Å². The first-order valence-corrected chi connectivity index (χ1v) is 13.4. The zero-order chi connectivity index (χ0) is 22.0. The quantitative estimate of drug-likeness (QED) is 0.206. The molecule has 31 heavy (non-hydrogen) atoms. The van der Waals surface area contributed by atoms with E-state index in [0.717, 1.165) is 25.8 Å². The Morgan fingerprint density at radius 2 is 1.23 bits per heavy atom. The van der Waals surface area contributed by atoms with Crippen LogP contribution in [-0.2, 0) is 25.8 Å². The van der Waals surface area contributed by atoms with Crippen molar-refractivity contribution >= 4 is 0 Å². The fourth-order valence-corrected chi connectivity index (χ4v) is 4.49. The first-order chi connectivity index (χ1) is 15.3. The Morgan fingerprint density at radius 3 is 1.84 bits per heavy atom. The maximum atomic E-state index is 4.97. The monoisotopic (exact) mass is 424 g/mol. The fraction of sp³-hybridized carbons (Fsp3) is 0.690. The highest BCUT2D eigenvalue weighted by atomic mass is 15.1. The molecule has 0 aliphatic carbocycles. The lowest BCUT2D eigenvalue weighted by atomic mass is 10.1. The predicted molar refractivity (Wildman–Crippen MR) is 136 cm³/mol. The standard InChI is InChI=1S/C29H48N2/c1-3-5-6-7-8-9-10-11-12-13-14-18-25-31-26-28(30-29(31)20-4-2)24-19-23-27-21-16-15-17-22-27/h15-17,21-22,26H,3-14,18-20,23-25H2,1-2H3. The number of hydrogen-bond donors (Lipinski definition) is 0. The Morgan fingerprint density at radius 1 is 0.613 bits per heavy atom. The van der Waals surface area contributed by atoms with E-state index in [1.807, 2.05) is 0 Å². The average molecular weight is 425 g/mol. The summed E-state index contributed by atoms with van der Waals surface area (Å²) >= 11 is 0. The molecule has 0 saturated heterocycles. The molecule has 0 bridgehead atoms. The molecule has 0 saturated carbocycles. The van der Waals surface area contributed by atoms with Gasteiger partial charge in [-0.15, -0.1) is 0 Å². The third-order valence-electron chi connectivity index (χ3n) is 6.38. The van der Waals surface area contributed by atoms with Crippen molar-refractivity contribution in [2.24, 2.45) is 0 Å². The highest BCUT2D eigenvalue weighted by molar-refractivity contribution is 5.15. The number of hydrogen-bond acceptors (Lipinski definition) is 1. The molecule has 2 rings (SSSR count). The van der Waals surface area contributed by atoms with Crippen LogP contribution in [0.2, 0.25) is 0 Å². The van der Waals surface area contributed by atoms with E-state index in [0.29, 0.717) is 0 Å². The maximum Gasteiger partial charge on any atom is 0.108 e. The molecule has 0 N–H and O–H groups in total. The van der Waals surface area contributed by atoms with Crippen LogP contribution < -0.4 is 0 Å². The SMILES string of the molecule is CCCCCCCCCCCCCCn1cc(CCCc2ccccc2)nc1CCC. The number of aryl methyl sites for hydroxylation is 4. The number of imidazole rings is 1. The third kappa shape index (κ3) is 11.6. The highest BCUT2D eigenvalue weighted by Crippen LogP contribution is 2.14. The van der Waals surface area contributed by atoms with Crippen LogP contribution in [0.4, 0.5) is 0 Å². The van der Waals surface area contributed by atoms with Gasteiger partial charge in [0.2, 0.25) is 0 Å². The summed E-state index contributed by atoms with van der Waals surface area (Å²) in [5.74, 6) is 1.31. The van der Waals surface area contributed by atoms with E-state index in [-0.39, 0.29) is 0 Å². The van der Waals surface area contributed by atoms with Gasteiger partial charge in [0.15, 0.2) is 0 Å². The summed E-state index contributed by atoms with van der Waals surface area (Å²) in [6.07, 6.45) is 25.0. The normalized spacial score (nSPS) is 11.3. The topological polar surface area (TPSA) is 17.8 Å². The van der Waals surface area contributed by atoms with Gasteiger partial charge < -0.3 is 4.57 Å². The second-order valence-corrected chi connectivity index (χ2v) is 9.32. The number of benzene rings is 1. The maximum absolute atomic E-state index is 4.97. The molecule has 0 radical (unpaired) electrons. The van der Waals surface area contributed by atoms with Gasteiger partial charge in [0, 0.05) is 19.2 Å². The minimum atomic E-state index is 1.09.